The maximum Gasteiger partial charge on any atom is 0.475 e. The highest BCUT2D eigenvalue weighted by Gasteiger charge is 2.60. The van der Waals surface area contributed by atoms with Crippen LogP contribution >= 0.6 is 31.9 Å². The number of ether oxygens (including phenoxy) is 2. The highest BCUT2D eigenvalue weighted by atomic mass is 79.9. The Morgan fingerprint density at radius 1 is 0.579 bits per heavy atom. The third-order valence-corrected chi connectivity index (χ3v) is 9.07. The average molecular weight is 678 g/mol. The molecule has 0 unspecified atom stereocenters. The van der Waals surface area contributed by atoms with Crippen LogP contribution in [0.4, 0.5) is 35.1 Å². The van der Waals surface area contributed by atoms with Gasteiger partial charge in [0.25, 0.3) is 0 Å². The number of hydrogen-bond acceptors (Lipinski definition) is 2. The predicted octanol–water partition coefficient (Wildman–Crippen LogP) is 9.39. The van der Waals surface area contributed by atoms with E-state index in [1.165, 1.54) is 24.3 Å². The van der Waals surface area contributed by atoms with E-state index in [0.717, 1.165) is 49.7 Å². The molecule has 0 aliphatic heterocycles. The van der Waals surface area contributed by atoms with Crippen molar-refractivity contribution in [3.8, 4) is 11.5 Å². The molecule has 4 saturated carbocycles. The van der Waals surface area contributed by atoms with E-state index in [4.69, 9.17) is 0 Å². The lowest BCUT2D eigenvalue weighted by Crippen LogP contribution is -2.55. The van der Waals surface area contributed by atoms with Gasteiger partial charge in [-0.1, -0.05) is 24.3 Å². The Labute approximate surface area is 230 Å². The maximum atomic E-state index is 13.6. The highest BCUT2D eigenvalue weighted by molar-refractivity contribution is 9.10. The molecule has 0 heterocycles. The van der Waals surface area contributed by atoms with Crippen molar-refractivity contribution in [1.29, 1.82) is 0 Å². The fraction of sp³-hybridized carbons (Fsp3) is 0.538. The second-order valence-corrected chi connectivity index (χ2v) is 12.8. The molecule has 2 nitrogen and oxygen atoms in total. The quantitative estimate of drug-likeness (QED) is 0.205. The van der Waals surface area contributed by atoms with Gasteiger partial charge in [0.2, 0.25) is 0 Å². The Morgan fingerprint density at radius 2 is 0.895 bits per heavy atom. The molecule has 4 aliphatic carbocycles. The van der Waals surface area contributed by atoms with E-state index >= 15 is 0 Å². The molecule has 4 aliphatic rings. The minimum absolute atomic E-state index is 0.273. The van der Waals surface area contributed by atoms with Gasteiger partial charge in [-0.15, -0.1) is 0 Å². The van der Waals surface area contributed by atoms with Crippen LogP contribution in [-0.2, 0) is 10.8 Å². The molecule has 208 valence electrons. The third-order valence-electron chi connectivity index (χ3n) is 8.15. The van der Waals surface area contributed by atoms with E-state index in [1.807, 2.05) is 0 Å². The first kappa shape index (κ1) is 28.0. The maximum absolute atomic E-state index is 13.6. The molecule has 12 heteroatoms. The summed E-state index contributed by atoms with van der Waals surface area (Å²) in [6.07, 6.45) is -4.16. The zero-order chi connectivity index (χ0) is 27.8. The fourth-order valence-electron chi connectivity index (χ4n) is 7.10. The highest BCUT2D eigenvalue weighted by Crippen LogP contribution is 2.66. The lowest BCUT2D eigenvalue weighted by atomic mass is 9.42. The standard InChI is InChI=1S/C26H22Br2F8O2/c27-23(29,30)25(33,34)37-19-5-1-17(2-6-19)21-10-15-9-16(11-21)13-22(12-15,14-21)18-3-7-20(8-4-18)38-26(35,36)24(28,31)32/h1-8,15-16H,9-14H2. The van der Waals surface area contributed by atoms with Crippen LogP contribution in [0, 0.1) is 11.8 Å². The molecule has 6 rings (SSSR count). The van der Waals surface area contributed by atoms with Gasteiger partial charge >= 0.3 is 21.9 Å². The van der Waals surface area contributed by atoms with E-state index in [0.29, 0.717) is 11.8 Å². The van der Waals surface area contributed by atoms with Gasteiger partial charge in [0.15, 0.2) is 0 Å². The first-order chi connectivity index (χ1) is 17.4. The Balaban J connectivity index is 1.39. The lowest BCUT2D eigenvalue weighted by Gasteiger charge is -2.62. The van der Waals surface area contributed by atoms with Crippen molar-refractivity contribution in [1.82, 2.24) is 0 Å². The molecule has 0 amide bonds. The van der Waals surface area contributed by atoms with Crippen molar-refractivity contribution >= 4 is 31.9 Å². The summed E-state index contributed by atoms with van der Waals surface area (Å²) in [5, 5.41) is 0. The summed E-state index contributed by atoms with van der Waals surface area (Å²) in [6, 6.07) is 11.6. The van der Waals surface area contributed by atoms with Gasteiger partial charge in [0.05, 0.1) is 0 Å². The molecule has 0 spiro atoms. The van der Waals surface area contributed by atoms with Crippen LogP contribution in [0.5, 0.6) is 11.5 Å². The number of hydrogen-bond donors (Lipinski definition) is 0. The van der Waals surface area contributed by atoms with Gasteiger partial charge < -0.3 is 9.47 Å². The summed E-state index contributed by atoms with van der Waals surface area (Å²) in [4.78, 5) is -9.06. The van der Waals surface area contributed by atoms with Crippen LogP contribution in [-0.4, -0.2) is 21.9 Å². The zero-order valence-corrected chi connectivity index (χ0v) is 22.8. The smallest absolute Gasteiger partial charge is 0.427 e. The number of rotatable bonds is 8. The van der Waals surface area contributed by atoms with E-state index < -0.39 is 33.4 Å². The minimum atomic E-state index is -4.73. The molecule has 4 fully saturated rings. The zero-order valence-electron chi connectivity index (χ0n) is 19.6. The topological polar surface area (TPSA) is 18.5 Å². The van der Waals surface area contributed by atoms with Crippen molar-refractivity contribution < 1.29 is 44.6 Å². The van der Waals surface area contributed by atoms with Crippen molar-refractivity contribution in [2.45, 2.75) is 71.2 Å². The summed E-state index contributed by atoms with van der Waals surface area (Å²) < 4.78 is 115. The van der Waals surface area contributed by atoms with E-state index in [2.05, 4.69) is 9.47 Å². The molecule has 0 radical (unpaired) electrons. The Kier molecular flexibility index (Phi) is 6.61. The van der Waals surface area contributed by atoms with Crippen LogP contribution < -0.4 is 9.47 Å². The minimum Gasteiger partial charge on any atom is -0.427 e. The van der Waals surface area contributed by atoms with E-state index in [1.54, 1.807) is 56.1 Å². The van der Waals surface area contributed by atoms with Crippen molar-refractivity contribution in [3.05, 3.63) is 59.7 Å². The van der Waals surface area contributed by atoms with Gasteiger partial charge in [-0.3, -0.25) is 0 Å². The van der Waals surface area contributed by atoms with E-state index in [-0.39, 0.29) is 10.8 Å². The van der Waals surface area contributed by atoms with Gasteiger partial charge in [0, 0.05) is 31.9 Å². The van der Waals surface area contributed by atoms with Crippen LogP contribution in [0.25, 0.3) is 0 Å². The molecule has 0 saturated heterocycles. The summed E-state index contributed by atoms with van der Waals surface area (Å²) >= 11 is 3.29. The van der Waals surface area contributed by atoms with Crippen molar-refractivity contribution in [2.24, 2.45) is 11.8 Å². The van der Waals surface area contributed by atoms with Crippen LogP contribution in [0.1, 0.15) is 49.7 Å². The molecular weight excluding hydrogens is 656 g/mol. The number of benzene rings is 2. The SMILES string of the molecule is FC(F)(Br)C(F)(F)Oc1ccc(C23CC4CC(C2)CC(c2ccc(OC(F)(F)C(F)(F)Br)cc2)(C4)C3)cc1. The number of halogens is 10. The first-order valence-corrected chi connectivity index (χ1v) is 13.5. The summed E-state index contributed by atoms with van der Waals surface area (Å²) in [5.41, 5.74) is 1.25. The first-order valence-electron chi connectivity index (χ1n) is 11.9. The summed E-state index contributed by atoms with van der Waals surface area (Å²) in [5.74, 6) is -0.00979. The van der Waals surface area contributed by atoms with Crippen LogP contribution in [0.15, 0.2) is 48.5 Å². The van der Waals surface area contributed by atoms with Crippen molar-refractivity contribution in [3.63, 3.8) is 0 Å². The molecule has 0 N–H and O–H groups in total. The third kappa shape index (κ3) is 4.92. The Bertz CT molecular complexity index is 1070. The molecule has 0 atom stereocenters. The fourth-order valence-corrected chi connectivity index (χ4v) is 7.26. The summed E-state index contributed by atoms with van der Waals surface area (Å²) in [7, 11) is 0. The molecule has 2 aromatic carbocycles. The van der Waals surface area contributed by atoms with Crippen LogP contribution in [0.2, 0.25) is 0 Å². The lowest BCUT2D eigenvalue weighted by molar-refractivity contribution is -0.266. The predicted molar refractivity (Wildman–Crippen MR) is 130 cm³/mol. The van der Waals surface area contributed by atoms with Gasteiger partial charge in [0.1, 0.15) is 11.5 Å². The Morgan fingerprint density at radius 3 is 1.18 bits per heavy atom. The normalized spacial score (nSPS) is 29.4. The van der Waals surface area contributed by atoms with Gasteiger partial charge in [-0.2, -0.15) is 35.1 Å². The van der Waals surface area contributed by atoms with Gasteiger partial charge in [-0.25, -0.2) is 0 Å². The molecule has 0 aromatic heterocycles. The average Bonchev–Trinajstić information content (AvgIpc) is 2.77. The Hall–Kier alpha value is -1.56. The van der Waals surface area contributed by atoms with Crippen molar-refractivity contribution in [2.75, 3.05) is 0 Å². The van der Waals surface area contributed by atoms with Gasteiger partial charge in [-0.05, 0) is 96.6 Å². The summed E-state index contributed by atoms with van der Waals surface area (Å²) in [6.45, 7) is 0. The monoisotopic (exact) mass is 676 g/mol. The number of alkyl halides is 10. The molecule has 2 aromatic rings. The molecule has 4 bridgehead atoms. The second kappa shape index (κ2) is 8.97. The van der Waals surface area contributed by atoms with E-state index in [9.17, 15) is 35.1 Å². The largest absolute Gasteiger partial charge is 0.475 e. The molecular formula is C26H22Br2F8O2. The second-order valence-electron chi connectivity index (χ2n) is 10.8. The molecule has 38 heavy (non-hydrogen) atoms. The van der Waals surface area contributed by atoms with Crippen LogP contribution in [0.3, 0.4) is 0 Å².